The molecule has 0 aliphatic carbocycles. The monoisotopic (exact) mass is 258 g/mol. The zero-order valence-corrected chi connectivity index (χ0v) is 10.8. The van der Waals surface area contributed by atoms with Crippen molar-refractivity contribution in [2.75, 3.05) is 14.2 Å². The first-order valence-electron chi connectivity index (χ1n) is 5.72. The normalized spacial score (nSPS) is 9.79. The van der Waals surface area contributed by atoms with Crippen LogP contribution in [0.2, 0.25) is 0 Å². The highest BCUT2D eigenvalue weighted by molar-refractivity contribution is 5.78. The van der Waals surface area contributed by atoms with E-state index in [4.69, 9.17) is 14.2 Å². The van der Waals surface area contributed by atoms with E-state index in [0.717, 1.165) is 6.29 Å². The van der Waals surface area contributed by atoms with Crippen LogP contribution in [-0.4, -0.2) is 20.5 Å². The predicted molar refractivity (Wildman–Crippen MR) is 71.4 cm³/mol. The number of benzene rings is 2. The summed E-state index contributed by atoms with van der Waals surface area (Å²) in [6.07, 6.45) is 0.733. The summed E-state index contributed by atoms with van der Waals surface area (Å²) in [5, 5.41) is 0. The van der Waals surface area contributed by atoms with E-state index in [-0.39, 0.29) is 0 Å². The fraction of sp³-hybridized carbons (Fsp3) is 0.133. The Labute approximate surface area is 111 Å². The highest BCUT2D eigenvalue weighted by atomic mass is 16.5. The van der Waals surface area contributed by atoms with E-state index in [1.807, 2.05) is 30.3 Å². The molecular formula is C15H14O4. The number of rotatable bonds is 5. The predicted octanol–water partition coefficient (Wildman–Crippen LogP) is 3.31. The standard InChI is InChI=1S/C15H14O4/c1-17-13-8-11(10-16)9-14(18-2)15(13)19-12-6-4-3-5-7-12/h3-10H,1-2H3. The smallest absolute Gasteiger partial charge is 0.211 e. The Balaban J connectivity index is 2.45. The fourth-order valence-electron chi connectivity index (χ4n) is 1.68. The second kappa shape index (κ2) is 5.91. The van der Waals surface area contributed by atoms with Gasteiger partial charge in [0.25, 0.3) is 0 Å². The fourth-order valence-corrected chi connectivity index (χ4v) is 1.68. The highest BCUT2D eigenvalue weighted by Gasteiger charge is 2.14. The van der Waals surface area contributed by atoms with Gasteiger partial charge in [0.15, 0.2) is 11.5 Å². The summed E-state index contributed by atoms with van der Waals surface area (Å²) in [5.41, 5.74) is 0.467. The molecule has 0 saturated heterocycles. The Morgan fingerprint density at radius 3 is 2.00 bits per heavy atom. The van der Waals surface area contributed by atoms with E-state index in [0.29, 0.717) is 28.6 Å². The largest absolute Gasteiger partial charge is 0.493 e. The molecule has 4 nitrogen and oxygen atoms in total. The first-order chi connectivity index (χ1) is 9.28. The van der Waals surface area contributed by atoms with E-state index >= 15 is 0 Å². The molecule has 0 heterocycles. The highest BCUT2D eigenvalue weighted by Crippen LogP contribution is 2.40. The van der Waals surface area contributed by atoms with Gasteiger partial charge in [0.2, 0.25) is 5.75 Å². The number of aldehydes is 1. The summed E-state index contributed by atoms with van der Waals surface area (Å²) in [7, 11) is 3.03. The Bertz CT molecular complexity index is 539. The van der Waals surface area contributed by atoms with Gasteiger partial charge in [0.05, 0.1) is 14.2 Å². The summed E-state index contributed by atoms with van der Waals surface area (Å²) in [6.45, 7) is 0. The lowest BCUT2D eigenvalue weighted by Gasteiger charge is -2.14. The van der Waals surface area contributed by atoms with E-state index in [1.54, 1.807) is 12.1 Å². The molecular weight excluding hydrogens is 244 g/mol. The van der Waals surface area contributed by atoms with Crippen LogP contribution in [0.4, 0.5) is 0 Å². The molecule has 2 rings (SSSR count). The number of carbonyl (C=O) groups excluding carboxylic acids is 1. The van der Waals surface area contributed by atoms with Crippen molar-refractivity contribution in [3.05, 3.63) is 48.0 Å². The molecule has 0 amide bonds. The average molecular weight is 258 g/mol. The second-order valence-electron chi connectivity index (χ2n) is 3.79. The summed E-state index contributed by atoms with van der Waals surface area (Å²) < 4.78 is 16.2. The van der Waals surface area contributed by atoms with Gasteiger partial charge in [0.1, 0.15) is 12.0 Å². The molecule has 0 saturated carbocycles. The number of hydrogen-bond donors (Lipinski definition) is 0. The van der Waals surface area contributed by atoms with Crippen LogP contribution in [0.5, 0.6) is 23.0 Å². The minimum atomic E-state index is 0.446. The number of carbonyl (C=O) groups is 1. The van der Waals surface area contributed by atoms with Crippen LogP contribution in [0.3, 0.4) is 0 Å². The van der Waals surface area contributed by atoms with Gasteiger partial charge in [-0.15, -0.1) is 0 Å². The topological polar surface area (TPSA) is 44.8 Å². The molecule has 0 fully saturated rings. The van der Waals surface area contributed by atoms with Crippen LogP contribution >= 0.6 is 0 Å². The van der Waals surface area contributed by atoms with Gasteiger partial charge in [-0.1, -0.05) is 18.2 Å². The third kappa shape index (κ3) is 2.85. The van der Waals surface area contributed by atoms with Crippen LogP contribution in [0, 0.1) is 0 Å². The van der Waals surface area contributed by atoms with Gasteiger partial charge in [0, 0.05) is 5.56 Å². The van der Waals surface area contributed by atoms with Crippen molar-refractivity contribution in [1.82, 2.24) is 0 Å². The molecule has 2 aromatic carbocycles. The van der Waals surface area contributed by atoms with Crippen molar-refractivity contribution >= 4 is 6.29 Å². The molecule has 0 unspecified atom stereocenters. The molecule has 98 valence electrons. The van der Waals surface area contributed by atoms with Crippen molar-refractivity contribution < 1.29 is 19.0 Å². The first kappa shape index (κ1) is 13.0. The molecule has 0 bridgehead atoms. The molecule has 0 aromatic heterocycles. The second-order valence-corrected chi connectivity index (χ2v) is 3.79. The molecule has 4 heteroatoms. The minimum absolute atomic E-state index is 0.446. The number of methoxy groups -OCH3 is 2. The van der Waals surface area contributed by atoms with E-state index < -0.39 is 0 Å². The maximum Gasteiger partial charge on any atom is 0.211 e. The molecule has 0 atom stereocenters. The Kier molecular flexibility index (Phi) is 4.03. The Morgan fingerprint density at radius 1 is 0.947 bits per heavy atom. The number of hydrogen-bond acceptors (Lipinski definition) is 4. The Hall–Kier alpha value is -2.49. The third-order valence-electron chi connectivity index (χ3n) is 2.58. The average Bonchev–Trinajstić information content (AvgIpc) is 2.48. The quantitative estimate of drug-likeness (QED) is 0.772. The van der Waals surface area contributed by atoms with Gasteiger partial charge in [-0.2, -0.15) is 0 Å². The van der Waals surface area contributed by atoms with Crippen molar-refractivity contribution in [1.29, 1.82) is 0 Å². The molecule has 2 aromatic rings. The number of ether oxygens (including phenoxy) is 3. The van der Waals surface area contributed by atoms with Crippen molar-refractivity contribution in [3.63, 3.8) is 0 Å². The molecule has 0 spiro atoms. The maximum atomic E-state index is 10.9. The minimum Gasteiger partial charge on any atom is -0.493 e. The zero-order chi connectivity index (χ0) is 13.7. The van der Waals surface area contributed by atoms with Crippen molar-refractivity contribution in [2.24, 2.45) is 0 Å². The zero-order valence-electron chi connectivity index (χ0n) is 10.8. The molecule has 19 heavy (non-hydrogen) atoms. The van der Waals surface area contributed by atoms with Crippen LogP contribution in [-0.2, 0) is 0 Å². The van der Waals surface area contributed by atoms with Crippen LogP contribution in [0.25, 0.3) is 0 Å². The summed E-state index contributed by atoms with van der Waals surface area (Å²) in [5.74, 6) is 2.01. The third-order valence-corrected chi connectivity index (χ3v) is 2.58. The SMILES string of the molecule is COc1cc(C=O)cc(OC)c1Oc1ccccc1. The summed E-state index contributed by atoms with van der Waals surface area (Å²) in [4.78, 5) is 10.9. The number of para-hydroxylation sites is 1. The van der Waals surface area contributed by atoms with Gasteiger partial charge in [-0.3, -0.25) is 4.79 Å². The molecule has 0 aliphatic rings. The van der Waals surface area contributed by atoms with Gasteiger partial charge >= 0.3 is 0 Å². The first-order valence-corrected chi connectivity index (χ1v) is 5.72. The van der Waals surface area contributed by atoms with Crippen LogP contribution < -0.4 is 14.2 Å². The van der Waals surface area contributed by atoms with Gasteiger partial charge in [-0.25, -0.2) is 0 Å². The van der Waals surface area contributed by atoms with Crippen LogP contribution in [0.1, 0.15) is 10.4 Å². The molecule has 0 N–H and O–H groups in total. The van der Waals surface area contributed by atoms with Gasteiger partial charge in [-0.05, 0) is 24.3 Å². The molecule has 0 radical (unpaired) electrons. The maximum absolute atomic E-state index is 10.9. The van der Waals surface area contributed by atoms with Crippen LogP contribution in [0.15, 0.2) is 42.5 Å². The Morgan fingerprint density at radius 2 is 1.53 bits per heavy atom. The lowest BCUT2D eigenvalue weighted by Crippen LogP contribution is -1.96. The summed E-state index contributed by atoms with van der Waals surface area (Å²) in [6, 6.07) is 12.5. The van der Waals surface area contributed by atoms with E-state index in [9.17, 15) is 4.79 Å². The lowest BCUT2D eigenvalue weighted by atomic mass is 10.2. The van der Waals surface area contributed by atoms with Crippen molar-refractivity contribution in [2.45, 2.75) is 0 Å². The summed E-state index contributed by atoms with van der Waals surface area (Å²) >= 11 is 0. The van der Waals surface area contributed by atoms with Gasteiger partial charge < -0.3 is 14.2 Å². The van der Waals surface area contributed by atoms with Crippen molar-refractivity contribution in [3.8, 4) is 23.0 Å². The molecule has 0 aliphatic heterocycles. The van der Waals surface area contributed by atoms with E-state index in [2.05, 4.69) is 0 Å². The van der Waals surface area contributed by atoms with E-state index in [1.165, 1.54) is 14.2 Å². The lowest BCUT2D eigenvalue weighted by molar-refractivity contribution is 0.112.